The van der Waals surface area contributed by atoms with E-state index in [9.17, 15) is 57.5 Å². The highest BCUT2D eigenvalue weighted by Crippen LogP contribution is 2.25. The maximum atomic E-state index is 13.0. The van der Waals surface area contributed by atoms with Crippen molar-refractivity contribution in [2.45, 2.75) is 112 Å². The van der Waals surface area contributed by atoms with Gasteiger partial charge in [-0.15, -0.1) is 5.10 Å². The van der Waals surface area contributed by atoms with Crippen molar-refractivity contribution in [2.24, 2.45) is 56.4 Å². The largest absolute Gasteiger partial charge is 0.477 e. The Morgan fingerprint density at radius 2 is 0.578 bits per heavy atom. The van der Waals surface area contributed by atoms with Crippen LogP contribution >= 0.6 is 0 Å². The van der Waals surface area contributed by atoms with Crippen molar-refractivity contribution in [3.05, 3.63) is 168 Å². The third-order valence-corrected chi connectivity index (χ3v) is 15.9. The number of rotatable bonds is 21. The van der Waals surface area contributed by atoms with Crippen LogP contribution in [0.4, 0.5) is 64.7 Å². The molecular formula is C77H97N21O18. The molecule has 0 unspecified atom stereocenters. The molecule has 0 aliphatic carbocycles. The predicted molar refractivity (Wildman–Crippen MR) is 429 cm³/mol. The first-order valence-corrected chi connectivity index (χ1v) is 35.9. The highest BCUT2D eigenvalue weighted by atomic mass is 16.7. The van der Waals surface area contributed by atoms with Crippen molar-refractivity contribution in [3.8, 4) is 0 Å². The summed E-state index contributed by atoms with van der Waals surface area (Å²) in [5.74, 6) is -4.26. The Hall–Kier alpha value is -14.3. The molecule has 39 nitrogen and oxygen atoms in total. The fraction of sp³-hybridized carbons (Fsp3) is 0.351. The average Bonchev–Trinajstić information content (AvgIpc) is 1.67. The smallest absolute Gasteiger partial charge is 0.412 e. The Morgan fingerprint density at radius 1 is 0.336 bits per heavy atom. The second kappa shape index (κ2) is 36.0. The Bertz CT molecular complexity index is 5220. The number of carboxylic acids is 1. The van der Waals surface area contributed by atoms with Crippen LogP contribution in [0.1, 0.15) is 173 Å². The summed E-state index contributed by atoms with van der Waals surface area (Å²) in [5.41, 5.74) is 3.63. The monoisotopic (exact) mass is 1600 g/mol. The molecule has 0 atom stereocenters. The van der Waals surface area contributed by atoms with Crippen LogP contribution in [0.3, 0.4) is 0 Å². The summed E-state index contributed by atoms with van der Waals surface area (Å²) < 4.78 is 33.2. The maximum Gasteiger partial charge on any atom is 0.412 e. The van der Waals surface area contributed by atoms with Gasteiger partial charge in [-0.25, -0.2) is 28.8 Å². The van der Waals surface area contributed by atoms with Gasteiger partial charge in [0.05, 0.1) is 45.5 Å². The lowest BCUT2D eigenvalue weighted by molar-refractivity contribution is 0.0395. The van der Waals surface area contributed by atoms with E-state index in [1.807, 2.05) is 0 Å². The van der Waals surface area contributed by atoms with Gasteiger partial charge in [0.1, 0.15) is 79.0 Å². The number of carbonyl (C=O) groups is 12. The number of para-hydroxylation sites is 1. The predicted octanol–water partition coefficient (Wildman–Crippen LogP) is 10.4. The van der Waals surface area contributed by atoms with E-state index in [1.54, 1.807) is 247 Å². The van der Waals surface area contributed by atoms with Gasteiger partial charge < -0.3 is 97.3 Å². The normalized spacial score (nSPS) is 11.3. The molecule has 10 aromatic rings. The maximum absolute atomic E-state index is 13.0. The fourth-order valence-electron chi connectivity index (χ4n) is 11.0. The quantitative estimate of drug-likeness (QED) is 0.0181. The van der Waals surface area contributed by atoms with Crippen molar-refractivity contribution < 1.29 is 86.4 Å². The van der Waals surface area contributed by atoms with E-state index in [2.05, 4.69) is 63.5 Å². The van der Waals surface area contributed by atoms with Crippen LogP contribution in [0.25, 0.3) is 11.0 Å². The number of aryl methyl sites for hydroxylation is 8. The summed E-state index contributed by atoms with van der Waals surface area (Å²) in [7, 11) is 13.2. The summed E-state index contributed by atoms with van der Waals surface area (Å²) in [4.78, 5) is 155. The fourth-order valence-corrected chi connectivity index (χ4v) is 11.0. The lowest BCUT2D eigenvalue weighted by Gasteiger charge is -2.19. The SMILES string of the molecule is Cn1cc(NC(=O)OC(C)(C)C)cc1C(=O)Nc1cc(C(=O)On2nnc3ccccc32)n(C)c1.Cn1cc(NC(=O)c2cc(NC(=O)OC(C)(C)C)cn2C)cc1C(=O)NCCCNC(=O)c1cc(NC(=O)c2cc(NC(=O)OC(C)(C)C)cn2C)cn1C.Cn1cc(NC(=O)c2cc(NC(=O)OC(C)(C)C)cn2C)cc1C(=O)O. The summed E-state index contributed by atoms with van der Waals surface area (Å²) >= 11 is 0. The van der Waals surface area contributed by atoms with Crippen LogP contribution in [-0.2, 0) is 75.3 Å². The van der Waals surface area contributed by atoms with Crippen molar-refractivity contribution >= 4 is 128 Å². The Kier molecular flexibility index (Phi) is 27.1. The number of anilines is 8. The number of hydrogen-bond donors (Lipinski definition) is 11. The van der Waals surface area contributed by atoms with Gasteiger partial charge in [-0.2, -0.15) is 0 Å². The lowest BCUT2D eigenvalue weighted by Crippen LogP contribution is -2.31. The third kappa shape index (κ3) is 24.8. The molecule has 0 bridgehead atoms. The number of hydrogen-bond acceptors (Lipinski definition) is 19. The lowest BCUT2D eigenvalue weighted by atomic mass is 10.2. The van der Waals surface area contributed by atoms with E-state index in [1.165, 1.54) is 51.7 Å². The van der Waals surface area contributed by atoms with Crippen molar-refractivity contribution in [1.82, 2.24) is 62.3 Å². The van der Waals surface area contributed by atoms with E-state index < -0.39 is 82.3 Å². The second-order valence-electron chi connectivity index (χ2n) is 30.6. The number of amides is 10. The van der Waals surface area contributed by atoms with E-state index in [-0.39, 0.29) is 59.1 Å². The Morgan fingerprint density at radius 3 is 0.853 bits per heavy atom. The number of fused-ring (bicyclic) bond motifs is 1. The minimum Gasteiger partial charge on any atom is -0.477 e. The highest BCUT2D eigenvalue weighted by Gasteiger charge is 2.27. The zero-order valence-electron chi connectivity index (χ0n) is 68.0. The summed E-state index contributed by atoms with van der Waals surface area (Å²) in [6.07, 6.45) is 10.5. The topological polar surface area (TPSA) is 462 Å². The second-order valence-corrected chi connectivity index (χ2v) is 30.6. The van der Waals surface area contributed by atoms with Gasteiger partial charge in [-0.05, 0) is 155 Å². The number of aromatic nitrogens is 11. The van der Waals surface area contributed by atoms with Crippen LogP contribution in [0.2, 0.25) is 0 Å². The number of carboxylic acid groups (broad SMARTS) is 1. The molecule has 10 rings (SSSR count). The Labute approximate surface area is 666 Å². The van der Waals surface area contributed by atoms with Crippen LogP contribution in [-0.4, -0.2) is 164 Å². The molecule has 116 heavy (non-hydrogen) atoms. The number of nitrogens with zero attached hydrogens (tertiary/aromatic N) is 11. The average molecular weight is 1600 g/mol. The van der Waals surface area contributed by atoms with Crippen molar-refractivity contribution in [1.29, 1.82) is 0 Å². The zero-order chi connectivity index (χ0) is 85.8. The molecule has 0 fully saturated rings. The first kappa shape index (κ1) is 87.3. The van der Waals surface area contributed by atoms with Crippen molar-refractivity contribution in [2.75, 3.05) is 55.6 Å². The minimum atomic E-state index is -1.09. The Balaban J connectivity index is 0.000000235. The standard InChI is InChI=1S/C37H50N10O8.C23H25N7O5.C17H22N4O5/c1-36(2,3)54-34(52)42-24-16-28(46(9)20-24)32(50)40-22-14-26(44(7)18-22)30(48)38-12-11-13-39-31(49)27-15-23(19-45(27)8)41-33(51)29-17-25(21-47(29)10)43-35(53)55-37(4,5)6;1-23(2,3)34-22(33)25-15-10-18(28(4)13-15)20(31)24-14-11-19(29(5)12-14)21(32)35-30-17-9-7-6-8-16(17)26-27-30;1-17(2,3)26-16(25)19-11-6-12(20(4)9-11)14(22)18-10-7-13(15(23)24)21(5)8-10/h14-21H,11-13H2,1-10H3,(H,38,48)(H,39,49)(H,40,50)(H,41,51)(H,42,52)(H,43,53);6-13H,1-5H3,(H,24,31)(H,25,33);6-9H,1-5H3,(H,18,22)(H,19,25)(H,23,24). The number of ether oxygens (including phenoxy) is 4. The summed E-state index contributed by atoms with van der Waals surface area (Å²) in [6, 6.07) is 19.1. The van der Waals surface area contributed by atoms with Gasteiger partial charge in [0.25, 0.3) is 35.4 Å². The van der Waals surface area contributed by atoms with Crippen molar-refractivity contribution in [3.63, 3.8) is 0 Å². The van der Waals surface area contributed by atoms with Gasteiger partial charge in [0, 0.05) is 119 Å². The zero-order valence-corrected chi connectivity index (χ0v) is 68.0. The molecule has 0 aliphatic heterocycles. The van der Waals surface area contributed by atoms with Gasteiger partial charge >= 0.3 is 36.3 Å². The first-order valence-electron chi connectivity index (χ1n) is 35.9. The molecule has 0 saturated heterocycles. The van der Waals surface area contributed by atoms with Crippen LogP contribution in [0.5, 0.6) is 0 Å². The molecular weight excluding hydrogens is 1510 g/mol. The van der Waals surface area contributed by atoms with Gasteiger partial charge in [0.2, 0.25) is 0 Å². The molecule has 0 radical (unpaired) electrons. The number of nitrogens with one attached hydrogen (secondary N) is 10. The summed E-state index contributed by atoms with van der Waals surface area (Å²) in [5, 5.41) is 43.7. The molecule has 10 amide bonds. The van der Waals surface area contributed by atoms with Crippen LogP contribution < -0.4 is 58.0 Å². The molecule has 9 heterocycles. The van der Waals surface area contributed by atoms with E-state index >= 15 is 0 Å². The molecule has 0 saturated carbocycles. The summed E-state index contributed by atoms with van der Waals surface area (Å²) in [6.45, 7) is 21.5. The molecule has 39 heteroatoms. The van der Waals surface area contributed by atoms with Gasteiger partial charge in [0.15, 0.2) is 0 Å². The van der Waals surface area contributed by atoms with Gasteiger partial charge in [-0.3, -0.25) is 50.0 Å². The van der Waals surface area contributed by atoms with Gasteiger partial charge in [-0.1, -0.05) is 17.0 Å². The molecule has 618 valence electrons. The van der Waals surface area contributed by atoms with E-state index in [0.717, 1.165) is 4.85 Å². The van der Waals surface area contributed by atoms with Crippen LogP contribution in [0.15, 0.2) is 122 Å². The molecule has 1 aromatic carbocycles. The highest BCUT2D eigenvalue weighted by molar-refractivity contribution is 6.08. The molecule has 9 aromatic heterocycles. The number of carbonyl (C=O) groups excluding carboxylic acids is 11. The third-order valence-electron chi connectivity index (χ3n) is 15.9. The van der Waals surface area contributed by atoms with E-state index in [4.69, 9.17) is 28.9 Å². The minimum absolute atomic E-state index is 0.0551. The number of benzene rings is 1. The number of aromatic carboxylic acids is 1. The van der Waals surface area contributed by atoms with E-state index in [0.29, 0.717) is 74.3 Å². The molecule has 0 aliphatic rings. The first-order chi connectivity index (χ1) is 54.0. The molecule has 11 N–H and O–H groups in total. The van der Waals surface area contributed by atoms with Crippen LogP contribution in [0, 0.1) is 0 Å². The molecule has 0 spiro atoms.